The van der Waals surface area contributed by atoms with Gasteiger partial charge in [-0.15, -0.1) is 0 Å². The lowest BCUT2D eigenvalue weighted by Gasteiger charge is -2.16. The van der Waals surface area contributed by atoms with Crippen LogP contribution in [0, 0.1) is 0 Å². The van der Waals surface area contributed by atoms with Crippen LogP contribution in [0.25, 0.3) is 0 Å². The molecule has 1 aromatic rings. The van der Waals surface area contributed by atoms with Crippen LogP contribution >= 0.6 is 0 Å². The Kier molecular flexibility index (Phi) is 3.62. The number of benzene rings is 1. The number of aliphatic hydroxyl groups excluding tert-OH is 1. The van der Waals surface area contributed by atoms with Crippen LogP contribution in [0.1, 0.15) is 23.7 Å². The number of β-amino-alcohol motifs (C(OH)–C–C–N with tert-alkyl or cyclic N) is 1. The molecule has 0 aromatic heterocycles. The van der Waals surface area contributed by atoms with Gasteiger partial charge in [-0.3, -0.25) is 4.79 Å². The van der Waals surface area contributed by atoms with Crippen molar-refractivity contribution in [2.24, 2.45) is 0 Å². The minimum absolute atomic E-state index is 0.00413. The minimum atomic E-state index is -0.421. The lowest BCUT2D eigenvalue weighted by atomic mass is 10.1. The van der Waals surface area contributed by atoms with Crippen molar-refractivity contribution in [3.05, 3.63) is 29.8 Å². The molecule has 0 bridgehead atoms. The lowest BCUT2D eigenvalue weighted by Crippen LogP contribution is -2.33. The minimum Gasteiger partial charge on any atom is -0.391 e. The molecule has 1 aliphatic heterocycles. The summed E-state index contributed by atoms with van der Waals surface area (Å²) in [4.78, 5) is 24.5. The van der Waals surface area contributed by atoms with Crippen LogP contribution in [-0.2, 0) is 0 Å². The quantitative estimate of drug-likeness (QED) is 0.779. The molecule has 1 aliphatic rings. The highest BCUT2D eigenvalue weighted by Gasteiger charge is 2.24. The summed E-state index contributed by atoms with van der Waals surface area (Å²) in [5.41, 5.74) is 1.26. The molecule has 0 radical (unpaired) electrons. The van der Waals surface area contributed by atoms with Gasteiger partial charge in [-0.25, -0.2) is 4.79 Å². The maximum atomic E-state index is 11.8. The normalized spacial score (nSPS) is 18.8. The van der Waals surface area contributed by atoms with Gasteiger partial charge < -0.3 is 15.3 Å². The van der Waals surface area contributed by atoms with E-state index in [1.54, 1.807) is 29.2 Å². The summed E-state index contributed by atoms with van der Waals surface area (Å²) in [6, 6.07) is 6.53. The van der Waals surface area contributed by atoms with E-state index in [1.807, 2.05) is 0 Å². The van der Waals surface area contributed by atoms with E-state index in [2.05, 4.69) is 5.32 Å². The van der Waals surface area contributed by atoms with Gasteiger partial charge in [0.15, 0.2) is 5.78 Å². The van der Waals surface area contributed by atoms with E-state index in [0.717, 1.165) is 0 Å². The molecule has 1 unspecified atom stereocenters. The fourth-order valence-corrected chi connectivity index (χ4v) is 1.92. The van der Waals surface area contributed by atoms with Gasteiger partial charge in [0.05, 0.1) is 6.10 Å². The number of Topliss-reactive ketones (excluding diaryl/α,β-unsaturated/α-hetero) is 1. The molecule has 18 heavy (non-hydrogen) atoms. The van der Waals surface area contributed by atoms with Gasteiger partial charge >= 0.3 is 6.03 Å². The third-order valence-corrected chi connectivity index (χ3v) is 2.99. The predicted octanol–water partition coefficient (Wildman–Crippen LogP) is 1.49. The van der Waals surface area contributed by atoms with Crippen LogP contribution < -0.4 is 5.32 Å². The summed E-state index contributed by atoms with van der Waals surface area (Å²) in [6.07, 6.45) is 0.201. The molecule has 1 heterocycles. The van der Waals surface area contributed by atoms with E-state index < -0.39 is 6.10 Å². The molecule has 1 saturated heterocycles. The van der Waals surface area contributed by atoms with Crippen molar-refractivity contribution in [1.82, 2.24) is 4.90 Å². The first kappa shape index (κ1) is 12.6. The summed E-state index contributed by atoms with van der Waals surface area (Å²) >= 11 is 0. The van der Waals surface area contributed by atoms with E-state index in [1.165, 1.54) is 6.92 Å². The van der Waals surface area contributed by atoms with Crippen molar-refractivity contribution in [2.45, 2.75) is 19.4 Å². The van der Waals surface area contributed by atoms with Crippen molar-refractivity contribution in [2.75, 3.05) is 18.4 Å². The van der Waals surface area contributed by atoms with Crippen LogP contribution in [0.2, 0.25) is 0 Å². The average Bonchev–Trinajstić information content (AvgIpc) is 2.76. The molecule has 5 heteroatoms. The molecule has 2 amide bonds. The number of hydrogen-bond donors (Lipinski definition) is 2. The number of rotatable bonds is 2. The highest BCUT2D eigenvalue weighted by atomic mass is 16.3. The fraction of sp³-hybridized carbons (Fsp3) is 0.385. The number of carbonyl (C=O) groups excluding carboxylic acids is 2. The van der Waals surface area contributed by atoms with Gasteiger partial charge in [0.25, 0.3) is 0 Å². The van der Waals surface area contributed by atoms with E-state index in [9.17, 15) is 14.7 Å². The van der Waals surface area contributed by atoms with Gasteiger partial charge in [-0.1, -0.05) is 0 Å². The number of anilines is 1. The molecule has 2 rings (SSSR count). The van der Waals surface area contributed by atoms with Crippen LogP contribution in [0.5, 0.6) is 0 Å². The summed E-state index contributed by atoms with van der Waals surface area (Å²) in [5.74, 6) is -0.00413. The number of aliphatic hydroxyl groups is 1. The number of nitrogens with zero attached hydrogens (tertiary/aromatic N) is 1. The molecule has 1 atom stereocenters. The first-order valence-corrected chi connectivity index (χ1v) is 5.91. The Morgan fingerprint density at radius 2 is 2.00 bits per heavy atom. The van der Waals surface area contributed by atoms with E-state index >= 15 is 0 Å². The Morgan fingerprint density at radius 3 is 2.50 bits per heavy atom. The number of amides is 2. The third-order valence-electron chi connectivity index (χ3n) is 2.99. The van der Waals surface area contributed by atoms with E-state index in [4.69, 9.17) is 0 Å². The Morgan fingerprint density at radius 1 is 1.33 bits per heavy atom. The van der Waals surface area contributed by atoms with Crippen LogP contribution in [-0.4, -0.2) is 41.0 Å². The smallest absolute Gasteiger partial charge is 0.321 e. The van der Waals surface area contributed by atoms with Crippen molar-refractivity contribution < 1.29 is 14.7 Å². The van der Waals surface area contributed by atoms with Crippen LogP contribution in [0.15, 0.2) is 24.3 Å². The van der Waals surface area contributed by atoms with Gasteiger partial charge in [0.2, 0.25) is 0 Å². The Balaban J connectivity index is 1.97. The first-order valence-electron chi connectivity index (χ1n) is 5.91. The number of urea groups is 1. The van der Waals surface area contributed by atoms with Crippen molar-refractivity contribution in [3.63, 3.8) is 0 Å². The summed E-state index contributed by atoms with van der Waals surface area (Å²) < 4.78 is 0. The van der Waals surface area contributed by atoms with Crippen molar-refractivity contribution in [1.29, 1.82) is 0 Å². The number of hydrogen-bond acceptors (Lipinski definition) is 3. The van der Waals surface area contributed by atoms with E-state index in [-0.39, 0.29) is 11.8 Å². The molecular weight excluding hydrogens is 232 g/mol. The number of carbonyl (C=O) groups is 2. The molecule has 2 N–H and O–H groups in total. The van der Waals surface area contributed by atoms with Gasteiger partial charge in [0.1, 0.15) is 0 Å². The second-order valence-corrected chi connectivity index (χ2v) is 4.45. The van der Waals surface area contributed by atoms with Gasteiger partial charge in [-0.05, 0) is 37.6 Å². The number of nitrogens with one attached hydrogen (secondary N) is 1. The third kappa shape index (κ3) is 2.87. The molecule has 5 nitrogen and oxygen atoms in total. The molecule has 0 aliphatic carbocycles. The standard InChI is InChI=1S/C13H16N2O3/c1-9(16)10-2-4-11(5-3-10)14-13(18)15-7-6-12(17)8-15/h2-5,12,17H,6-8H2,1H3,(H,14,18). The zero-order chi connectivity index (χ0) is 13.1. The SMILES string of the molecule is CC(=O)c1ccc(NC(=O)N2CCC(O)C2)cc1. The monoisotopic (exact) mass is 248 g/mol. The maximum Gasteiger partial charge on any atom is 0.321 e. The van der Waals surface area contributed by atoms with E-state index in [0.29, 0.717) is 30.8 Å². The largest absolute Gasteiger partial charge is 0.391 e. The Labute approximate surface area is 105 Å². The van der Waals surface area contributed by atoms with Crippen molar-refractivity contribution >= 4 is 17.5 Å². The highest BCUT2D eigenvalue weighted by molar-refractivity contribution is 5.95. The maximum absolute atomic E-state index is 11.8. The molecule has 1 aromatic carbocycles. The number of ketones is 1. The molecule has 1 fully saturated rings. The van der Waals surface area contributed by atoms with Crippen molar-refractivity contribution in [3.8, 4) is 0 Å². The zero-order valence-electron chi connectivity index (χ0n) is 10.2. The molecule has 0 saturated carbocycles. The summed E-state index contributed by atoms with van der Waals surface area (Å²) in [7, 11) is 0. The zero-order valence-corrected chi connectivity index (χ0v) is 10.2. The van der Waals surface area contributed by atoms with Gasteiger partial charge in [0, 0.05) is 24.3 Å². The number of likely N-dealkylation sites (tertiary alicyclic amines) is 1. The van der Waals surface area contributed by atoms with Crippen LogP contribution in [0.3, 0.4) is 0 Å². The molecular formula is C13H16N2O3. The Hall–Kier alpha value is -1.88. The second-order valence-electron chi connectivity index (χ2n) is 4.45. The first-order chi connectivity index (χ1) is 8.56. The molecule has 0 spiro atoms. The van der Waals surface area contributed by atoms with Crippen LogP contribution in [0.4, 0.5) is 10.5 Å². The topological polar surface area (TPSA) is 69.6 Å². The van der Waals surface area contributed by atoms with Gasteiger partial charge in [-0.2, -0.15) is 0 Å². The average molecular weight is 248 g/mol. The summed E-state index contributed by atoms with van der Waals surface area (Å²) in [5, 5.41) is 12.1. The molecule has 96 valence electrons. The summed E-state index contributed by atoms with van der Waals surface area (Å²) in [6.45, 7) is 2.44. The Bertz CT molecular complexity index is 456. The fourth-order valence-electron chi connectivity index (χ4n) is 1.92. The lowest BCUT2D eigenvalue weighted by molar-refractivity contribution is 0.101. The predicted molar refractivity (Wildman–Crippen MR) is 67.7 cm³/mol. The second kappa shape index (κ2) is 5.18. The highest BCUT2D eigenvalue weighted by Crippen LogP contribution is 2.14.